The molecule has 0 spiro atoms. The second-order valence-corrected chi connectivity index (χ2v) is 7.59. The Kier molecular flexibility index (Phi) is 8.43. The minimum atomic E-state index is -0.388. The molecule has 0 aliphatic carbocycles. The predicted molar refractivity (Wildman–Crippen MR) is 129 cm³/mol. The third-order valence-corrected chi connectivity index (χ3v) is 4.90. The summed E-state index contributed by atoms with van der Waals surface area (Å²) in [6.07, 6.45) is 1.44. The Balaban J connectivity index is 1.60. The van der Waals surface area contributed by atoms with Crippen LogP contribution in [0.15, 0.2) is 76.3 Å². The molecule has 0 aromatic heterocycles. The SMILES string of the molecule is COc1ccc(NC(=O)COc2ccc(Br)cc2/C=N/NC(=O)c2cccc(OC)c2)cc1. The fraction of sp³-hybridized carbons (Fsp3) is 0.125. The molecular formula is C24H22BrN3O5. The molecule has 0 heterocycles. The molecule has 3 aromatic carbocycles. The van der Waals surface area contributed by atoms with Crippen molar-refractivity contribution in [1.29, 1.82) is 0 Å². The Morgan fingerprint density at radius 1 is 0.970 bits per heavy atom. The number of ether oxygens (including phenoxy) is 3. The van der Waals surface area contributed by atoms with Gasteiger partial charge in [-0.25, -0.2) is 5.43 Å². The van der Waals surface area contributed by atoms with Gasteiger partial charge in [0.15, 0.2) is 6.61 Å². The molecule has 0 atom stereocenters. The largest absolute Gasteiger partial charge is 0.497 e. The molecular weight excluding hydrogens is 490 g/mol. The van der Waals surface area contributed by atoms with Crippen molar-refractivity contribution in [1.82, 2.24) is 5.43 Å². The van der Waals surface area contributed by atoms with Gasteiger partial charge in [0.1, 0.15) is 17.2 Å². The van der Waals surface area contributed by atoms with Crippen LogP contribution in [0, 0.1) is 0 Å². The lowest BCUT2D eigenvalue weighted by atomic mass is 10.2. The van der Waals surface area contributed by atoms with Gasteiger partial charge in [0.2, 0.25) is 0 Å². The lowest BCUT2D eigenvalue weighted by Crippen LogP contribution is -2.20. The first-order valence-electron chi connectivity index (χ1n) is 9.82. The van der Waals surface area contributed by atoms with E-state index in [1.807, 2.05) is 0 Å². The zero-order chi connectivity index (χ0) is 23.6. The number of methoxy groups -OCH3 is 2. The van der Waals surface area contributed by atoms with Gasteiger partial charge in [-0.2, -0.15) is 5.10 Å². The fourth-order valence-electron chi connectivity index (χ4n) is 2.76. The molecule has 0 bridgehead atoms. The molecule has 0 saturated heterocycles. The van der Waals surface area contributed by atoms with Crippen LogP contribution in [-0.2, 0) is 4.79 Å². The van der Waals surface area contributed by atoms with Crippen molar-refractivity contribution < 1.29 is 23.8 Å². The van der Waals surface area contributed by atoms with Crippen LogP contribution >= 0.6 is 15.9 Å². The van der Waals surface area contributed by atoms with Gasteiger partial charge < -0.3 is 19.5 Å². The molecule has 0 fully saturated rings. The summed E-state index contributed by atoms with van der Waals surface area (Å²) in [5, 5.41) is 6.76. The van der Waals surface area contributed by atoms with Gasteiger partial charge >= 0.3 is 0 Å². The molecule has 8 nitrogen and oxygen atoms in total. The molecule has 3 rings (SSSR count). The number of hydrogen-bond acceptors (Lipinski definition) is 6. The maximum absolute atomic E-state index is 12.3. The Hall–Kier alpha value is -3.85. The minimum absolute atomic E-state index is 0.204. The quantitative estimate of drug-likeness (QED) is 0.330. The second-order valence-electron chi connectivity index (χ2n) is 6.68. The molecule has 2 N–H and O–H groups in total. The topological polar surface area (TPSA) is 98.3 Å². The van der Waals surface area contributed by atoms with Crippen LogP contribution in [0.25, 0.3) is 0 Å². The van der Waals surface area contributed by atoms with Gasteiger partial charge in [-0.1, -0.05) is 22.0 Å². The van der Waals surface area contributed by atoms with Crippen LogP contribution in [0.4, 0.5) is 5.69 Å². The monoisotopic (exact) mass is 511 g/mol. The van der Waals surface area contributed by atoms with Crippen LogP contribution in [0.2, 0.25) is 0 Å². The number of nitrogens with zero attached hydrogens (tertiary/aromatic N) is 1. The number of carbonyl (C=O) groups is 2. The van der Waals surface area contributed by atoms with E-state index in [4.69, 9.17) is 14.2 Å². The third-order valence-electron chi connectivity index (χ3n) is 4.41. The zero-order valence-corrected chi connectivity index (χ0v) is 19.6. The van der Waals surface area contributed by atoms with Gasteiger partial charge in [0.05, 0.1) is 20.4 Å². The first-order chi connectivity index (χ1) is 16.0. The van der Waals surface area contributed by atoms with Crippen molar-refractivity contribution in [2.75, 3.05) is 26.1 Å². The highest BCUT2D eigenvalue weighted by molar-refractivity contribution is 9.10. The number of hydrogen-bond donors (Lipinski definition) is 2. The smallest absolute Gasteiger partial charge is 0.271 e. The highest BCUT2D eigenvalue weighted by Crippen LogP contribution is 2.22. The van der Waals surface area contributed by atoms with E-state index >= 15 is 0 Å². The molecule has 9 heteroatoms. The predicted octanol–water partition coefficient (Wildman–Crippen LogP) is 4.25. The summed E-state index contributed by atoms with van der Waals surface area (Å²) in [6, 6.07) is 18.9. The van der Waals surface area contributed by atoms with E-state index in [9.17, 15) is 9.59 Å². The van der Waals surface area contributed by atoms with Crippen molar-refractivity contribution in [2.24, 2.45) is 5.10 Å². The van der Waals surface area contributed by atoms with Crippen LogP contribution < -0.4 is 25.0 Å². The van der Waals surface area contributed by atoms with E-state index in [1.165, 1.54) is 13.3 Å². The lowest BCUT2D eigenvalue weighted by Gasteiger charge is -2.10. The summed E-state index contributed by atoms with van der Waals surface area (Å²) in [5.41, 5.74) is 4.08. The van der Waals surface area contributed by atoms with E-state index in [2.05, 4.69) is 31.8 Å². The van der Waals surface area contributed by atoms with Crippen molar-refractivity contribution >= 4 is 39.6 Å². The third kappa shape index (κ3) is 7.08. The van der Waals surface area contributed by atoms with E-state index in [0.717, 1.165) is 4.47 Å². The Labute approximate surface area is 199 Å². The number of anilines is 1. The van der Waals surface area contributed by atoms with E-state index in [-0.39, 0.29) is 18.4 Å². The first-order valence-corrected chi connectivity index (χ1v) is 10.6. The van der Waals surface area contributed by atoms with Gasteiger partial charge in [-0.05, 0) is 60.7 Å². The van der Waals surface area contributed by atoms with Crippen molar-refractivity contribution in [3.8, 4) is 17.2 Å². The summed E-state index contributed by atoms with van der Waals surface area (Å²) in [6.45, 7) is -0.204. The minimum Gasteiger partial charge on any atom is -0.497 e. The van der Waals surface area contributed by atoms with Crippen molar-refractivity contribution in [3.05, 3.63) is 82.3 Å². The van der Waals surface area contributed by atoms with E-state index in [0.29, 0.717) is 34.1 Å². The number of carbonyl (C=O) groups excluding carboxylic acids is 2. The van der Waals surface area contributed by atoms with Gasteiger partial charge in [-0.3, -0.25) is 9.59 Å². The first kappa shape index (κ1) is 23.8. The van der Waals surface area contributed by atoms with Gasteiger partial charge in [-0.15, -0.1) is 0 Å². The maximum Gasteiger partial charge on any atom is 0.271 e. The number of nitrogens with one attached hydrogen (secondary N) is 2. The van der Waals surface area contributed by atoms with Gasteiger partial charge in [0, 0.05) is 21.3 Å². The summed E-state index contributed by atoms with van der Waals surface area (Å²) in [7, 11) is 3.10. The molecule has 0 aliphatic heterocycles. The highest BCUT2D eigenvalue weighted by atomic mass is 79.9. The van der Waals surface area contributed by atoms with Crippen LogP contribution in [-0.4, -0.2) is 38.9 Å². The molecule has 3 aromatic rings. The van der Waals surface area contributed by atoms with E-state index in [1.54, 1.807) is 73.8 Å². The average molecular weight is 512 g/mol. The summed E-state index contributed by atoms with van der Waals surface area (Å²) >= 11 is 3.40. The molecule has 0 unspecified atom stereocenters. The molecule has 0 saturated carbocycles. The van der Waals surface area contributed by atoms with Crippen molar-refractivity contribution in [3.63, 3.8) is 0 Å². The number of halogens is 1. The summed E-state index contributed by atoms with van der Waals surface area (Å²) in [4.78, 5) is 24.6. The summed E-state index contributed by atoms with van der Waals surface area (Å²) < 4.78 is 16.7. The second kappa shape index (κ2) is 11.7. The molecule has 2 amide bonds. The van der Waals surface area contributed by atoms with Crippen molar-refractivity contribution in [2.45, 2.75) is 0 Å². The number of benzene rings is 3. The van der Waals surface area contributed by atoms with Crippen LogP contribution in [0.5, 0.6) is 17.2 Å². The number of amides is 2. The molecule has 0 radical (unpaired) electrons. The van der Waals surface area contributed by atoms with E-state index < -0.39 is 0 Å². The summed E-state index contributed by atoms with van der Waals surface area (Å²) in [5.74, 6) is 0.991. The van der Waals surface area contributed by atoms with Gasteiger partial charge in [0.25, 0.3) is 11.8 Å². The van der Waals surface area contributed by atoms with Crippen LogP contribution in [0.1, 0.15) is 15.9 Å². The molecule has 170 valence electrons. The highest BCUT2D eigenvalue weighted by Gasteiger charge is 2.09. The molecule has 33 heavy (non-hydrogen) atoms. The normalized spacial score (nSPS) is 10.5. The maximum atomic E-state index is 12.3. The lowest BCUT2D eigenvalue weighted by molar-refractivity contribution is -0.118. The zero-order valence-electron chi connectivity index (χ0n) is 18.0. The Morgan fingerprint density at radius 2 is 1.73 bits per heavy atom. The standard InChI is InChI=1S/C24H22BrN3O5/c1-31-20-9-7-19(8-10-20)27-23(29)15-33-22-11-6-18(25)12-17(22)14-26-28-24(30)16-4-3-5-21(13-16)32-2/h3-14H,15H2,1-2H3,(H,27,29)(H,28,30)/b26-14+. The Bertz CT molecular complexity index is 1150. The number of hydrazone groups is 1. The van der Waals surface area contributed by atoms with Crippen LogP contribution in [0.3, 0.4) is 0 Å². The Morgan fingerprint density at radius 3 is 2.45 bits per heavy atom. The fourth-order valence-corrected chi connectivity index (χ4v) is 3.13. The molecule has 0 aliphatic rings. The number of rotatable bonds is 9. The average Bonchev–Trinajstić information content (AvgIpc) is 2.84.